The quantitative estimate of drug-likeness (QED) is 0.354. The minimum atomic E-state index is -0.402. The number of aromatic nitrogens is 2. The van der Waals surface area contributed by atoms with Crippen LogP contribution >= 0.6 is 0 Å². The second-order valence-corrected chi connectivity index (χ2v) is 11.6. The number of hydrogen-bond donors (Lipinski definition) is 1. The first kappa shape index (κ1) is 31.4. The summed E-state index contributed by atoms with van der Waals surface area (Å²) in [4.78, 5) is 46.0. The third-order valence-corrected chi connectivity index (χ3v) is 8.52. The molecule has 10 nitrogen and oxygen atoms in total. The number of anilines is 1. The number of unbranched alkanes of at least 4 members (excludes halogenated alkanes) is 2. The van der Waals surface area contributed by atoms with E-state index >= 15 is 0 Å². The number of amides is 3. The summed E-state index contributed by atoms with van der Waals surface area (Å²) < 4.78 is 6.97. The van der Waals surface area contributed by atoms with Gasteiger partial charge in [-0.1, -0.05) is 51.0 Å². The fourth-order valence-corrected chi connectivity index (χ4v) is 5.98. The Kier molecular flexibility index (Phi) is 10.1. The third-order valence-electron chi connectivity index (χ3n) is 8.52. The highest BCUT2D eigenvalue weighted by Crippen LogP contribution is 2.30. The molecule has 1 fully saturated rings. The number of aryl methyl sites for hydroxylation is 1. The molecule has 1 unspecified atom stereocenters. The molecule has 1 aromatic heterocycles. The molecule has 0 radical (unpaired) electrons. The number of hydrogen-bond acceptors (Lipinski definition) is 6. The van der Waals surface area contributed by atoms with Crippen molar-refractivity contribution in [1.82, 2.24) is 19.6 Å². The Hall–Kier alpha value is -4.02. The topological polar surface area (TPSA) is 108 Å². The van der Waals surface area contributed by atoms with Gasteiger partial charge in [0.2, 0.25) is 0 Å². The monoisotopic (exact) mass is 601 g/mol. The van der Waals surface area contributed by atoms with E-state index in [1.165, 1.54) is 0 Å². The molecule has 10 heteroatoms. The molecule has 0 saturated carbocycles. The molecule has 2 aliphatic heterocycles. The van der Waals surface area contributed by atoms with E-state index in [1.807, 2.05) is 42.2 Å². The fourth-order valence-electron chi connectivity index (χ4n) is 5.98. The van der Waals surface area contributed by atoms with Gasteiger partial charge in [-0.25, -0.2) is 4.68 Å². The standard InChI is InChI=1S/C34H43N5O5/c1-4-6-14-36(15-7-5-2)34(43)30-18-24(3)39(35-30)31-13-12-27(37-16-17-44-23-32(37)41)20-29(31)33(42)38-21-26-11-9-8-10-25(26)19-28(38)22-40/h8-13,18,20,28,40H,4-7,14-17,19,21-23H2,1-3H3. The second kappa shape index (κ2) is 14.2. The summed E-state index contributed by atoms with van der Waals surface area (Å²) >= 11 is 0. The zero-order valence-corrected chi connectivity index (χ0v) is 26.0. The van der Waals surface area contributed by atoms with E-state index in [4.69, 9.17) is 9.84 Å². The molecule has 0 spiro atoms. The van der Waals surface area contributed by atoms with Crippen LogP contribution < -0.4 is 4.90 Å². The van der Waals surface area contributed by atoms with E-state index in [9.17, 15) is 19.5 Å². The lowest BCUT2D eigenvalue weighted by atomic mass is 9.93. The Labute approximate surface area is 259 Å². The number of nitrogens with zero attached hydrogens (tertiary/aromatic N) is 5. The molecule has 1 atom stereocenters. The first-order valence-electron chi connectivity index (χ1n) is 15.7. The van der Waals surface area contributed by atoms with Gasteiger partial charge in [-0.3, -0.25) is 14.4 Å². The molecule has 3 amide bonds. The van der Waals surface area contributed by atoms with Crippen LogP contribution in [-0.2, 0) is 22.5 Å². The van der Waals surface area contributed by atoms with Gasteiger partial charge in [-0.2, -0.15) is 5.10 Å². The van der Waals surface area contributed by atoms with Crippen molar-refractivity contribution >= 4 is 23.4 Å². The molecule has 1 saturated heterocycles. The number of carbonyl (C=O) groups is 3. The Balaban J connectivity index is 1.55. The van der Waals surface area contributed by atoms with Gasteiger partial charge >= 0.3 is 0 Å². The second-order valence-electron chi connectivity index (χ2n) is 11.6. The van der Waals surface area contributed by atoms with Crippen molar-refractivity contribution in [3.63, 3.8) is 0 Å². The summed E-state index contributed by atoms with van der Waals surface area (Å²) in [5.41, 5.74) is 4.65. The molecule has 0 bridgehead atoms. The number of ether oxygens (including phenoxy) is 1. The number of fused-ring (bicyclic) bond motifs is 1. The molecule has 2 aliphatic rings. The molecule has 0 aliphatic carbocycles. The lowest BCUT2D eigenvalue weighted by Crippen LogP contribution is -2.46. The Bertz CT molecular complexity index is 1490. The molecular formula is C34H43N5O5. The molecular weight excluding hydrogens is 558 g/mol. The van der Waals surface area contributed by atoms with Gasteiger partial charge in [0.1, 0.15) is 6.61 Å². The van der Waals surface area contributed by atoms with Crippen LogP contribution in [0, 0.1) is 6.92 Å². The molecule has 2 aromatic carbocycles. The maximum atomic E-state index is 14.5. The number of aliphatic hydroxyl groups excluding tert-OH is 1. The highest BCUT2D eigenvalue weighted by atomic mass is 16.5. The predicted octanol–water partition coefficient (Wildman–Crippen LogP) is 4.15. The summed E-state index contributed by atoms with van der Waals surface area (Å²) in [7, 11) is 0. The summed E-state index contributed by atoms with van der Waals surface area (Å²) in [5, 5.41) is 15.1. The van der Waals surface area contributed by atoms with Gasteiger partial charge in [-0.05, 0) is 61.6 Å². The number of carbonyl (C=O) groups excluding carboxylic acids is 3. The highest BCUT2D eigenvalue weighted by Gasteiger charge is 2.33. The van der Waals surface area contributed by atoms with Gasteiger partial charge in [0.25, 0.3) is 17.7 Å². The summed E-state index contributed by atoms with van der Waals surface area (Å²) in [6.45, 7) is 8.37. The van der Waals surface area contributed by atoms with Crippen LogP contribution in [0.3, 0.4) is 0 Å². The Morgan fingerprint density at radius 2 is 1.77 bits per heavy atom. The Morgan fingerprint density at radius 1 is 1.05 bits per heavy atom. The molecule has 1 N–H and O–H groups in total. The van der Waals surface area contributed by atoms with Crippen LogP contribution in [-0.4, -0.2) is 87.9 Å². The van der Waals surface area contributed by atoms with Crippen molar-refractivity contribution in [3.8, 4) is 5.69 Å². The van der Waals surface area contributed by atoms with Crippen LogP contribution in [0.1, 0.15) is 77.2 Å². The van der Waals surface area contributed by atoms with E-state index < -0.39 is 6.04 Å². The summed E-state index contributed by atoms with van der Waals surface area (Å²) in [6.07, 6.45) is 4.35. The lowest BCUT2D eigenvalue weighted by Gasteiger charge is -2.36. The lowest BCUT2D eigenvalue weighted by molar-refractivity contribution is -0.125. The van der Waals surface area contributed by atoms with Crippen molar-refractivity contribution in [2.75, 3.05) is 44.4 Å². The maximum absolute atomic E-state index is 14.5. The average Bonchev–Trinajstić information content (AvgIpc) is 3.44. The molecule has 44 heavy (non-hydrogen) atoms. The SMILES string of the molecule is CCCCN(CCCC)C(=O)c1cc(C)n(-c2ccc(N3CCOCC3=O)cc2C(=O)N2Cc3ccccc3CC2CO)n1. The van der Waals surface area contributed by atoms with E-state index in [-0.39, 0.29) is 30.9 Å². The number of rotatable bonds is 11. The van der Waals surface area contributed by atoms with Crippen molar-refractivity contribution < 1.29 is 24.2 Å². The summed E-state index contributed by atoms with van der Waals surface area (Å²) in [6, 6.07) is 14.7. The predicted molar refractivity (Wildman–Crippen MR) is 168 cm³/mol. The van der Waals surface area contributed by atoms with Crippen LogP contribution in [0.4, 0.5) is 5.69 Å². The molecule has 3 heterocycles. The van der Waals surface area contributed by atoms with E-state index in [1.54, 1.807) is 32.7 Å². The van der Waals surface area contributed by atoms with Gasteiger partial charge in [0.15, 0.2) is 5.69 Å². The zero-order valence-electron chi connectivity index (χ0n) is 26.0. The number of benzene rings is 2. The minimum Gasteiger partial charge on any atom is -0.394 e. The Morgan fingerprint density at radius 3 is 2.45 bits per heavy atom. The smallest absolute Gasteiger partial charge is 0.274 e. The largest absolute Gasteiger partial charge is 0.394 e. The van der Waals surface area contributed by atoms with E-state index in [2.05, 4.69) is 13.8 Å². The van der Waals surface area contributed by atoms with Gasteiger partial charge in [0, 0.05) is 37.6 Å². The van der Waals surface area contributed by atoms with Gasteiger partial charge in [0.05, 0.1) is 30.5 Å². The fraction of sp³-hybridized carbons (Fsp3) is 0.471. The van der Waals surface area contributed by atoms with E-state index in [0.29, 0.717) is 67.5 Å². The van der Waals surface area contributed by atoms with Crippen molar-refractivity contribution in [3.05, 3.63) is 76.6 Å². The third kappa shape index (κ3) is 6.56. The average molecular weight is 602 g/mol. The first-order chi connectivity index (χ1) is 21.4. The van der Waals surface area contributed by atoms with Crippen molar-refractivity contribution in [1.29, 1.82) is 0 Å². The van der Waals surface area contributed by atoms with Crippen molar-refractivity contribution in [2.24, 2.45) is 0 Å². The van der Waals surface area contributed by atoms with Crippen LogP contribution in [0.25, 0.3) is 5.69 Å². The first-order valence-corrected chi connectivity index (χ1v) is 15.7. The number of morpholine rings is 1. The minimum absolute atomic E-state index is 0.0170. The van der Waals surface area contributed by atoms with Crippen LogP contribution in [0.5, 0.6) is 0 Å². The molecule has 3 aromatic rings. The zero-order chi connectivity index (χ0) is 31.2. The van der Waals surface area contributed by atoms with Crippen LogP contribution in [0.2, 0.25) is 0 Å². The number of aliphatic hydroxyl groups is 1. The summed E-state index contributed by atoms with van der Waals surface area (Å²) in [5.74, 6) is -0.568. The molecule has 5 rings (SSSR count). The maximum Gasteiger partial charge on any atom is 0.274 e. The highest BCUT2D eigenvalue weighted by molar-refractivity contribution is 6.01. The normalized spacial score (nSPS) is 16.6. The van der Waals surface area contributed by atoms with Crippen LogP contribution in [0.15, 0.2) is 48.5 Å². The van der Waals surface area contributed by atoms with E-state index in [0.717, 1.165) is 36.8 Å². The van der Waals surface area contributed by atoms with Gasteiger partial charge in [-0.15, -0.1) is 0 Å². The van der Waals surface area contributed by atoms with Crippen molar-refractivity contribution in [2.45, 2.75) is 65.5 Å². The molecule has 234 valence electrons. The van der Waals surface area contributed by atoms with Gasteiger partial charge < -0.3 is 24.5 Å².